The fourth-order valence-electron chi connectivity index (χ4n) is 3.10. The lowest BCUT2D eigenvalue weighted by Crippen LogP contribution is -2.29. The van der Waals surface area contributed by atoms with Gasteiger partial charge in [0.15, 0.2) is 11.8 Å². The molecule has 0 radical (unpaired) electrons. The molecular formula is C25H23F3N4O5S2. The summed E-state index contributed by atoms with van der Waals surface area (Å²) in [5.41, 5.74) is -4.81. The molecule has 206 valence electrons. The van der Waals surface area contributed by atoms with Crippen LogP contribution in [0.2, 0.25) is 0 Å². The summed E-state index contributed by atoms with van der Waals surface area (Å²) in [6.45, 7) is 6.25. The zero-order valence-electron chi connectivity index (χ0n) is 20.9. The van der Waals surface area contributed by atoms with Crippen molar-refractivity contribution in [1.29, 1.82) is 0 Å². The number of rotatable bonds is 7. The van der Waals surface area contributed by atoms with Gasteiger partial charge in [-0.15, -0.1) is 0 Å². The minimum atomic E-state index is -5.52. The first-order valence-corrected chi connectivity index (χ1v) is 13.7. The maximum atomic E-state index is 12.5. The molecule has 1 amide bonds. The van der Waals surface area contributed by atoms with Crippen LogP contribution in [-0.4, -0.2) is 30.0 Å². The van der Waals surface area contributed by atoms with E-state index in [0.717, 1.165) is 35.2 Å². The van der Waals surface area contributed by atoms with Crippen molar-refractivity contribution in [2.45, 2.75) is 38.3 Å². The lowest BCUT2D eigenvalue weighted by atomic mass is 9.94. The Morgan fingerprint density at radius 1 is 1.10 bits per heavy atom. The van der Waals surface area contributed by atoms with Gasteiger partial charge in [-0.25, -0.2) is 9.98 Å². The number of anilines is 1. The second-order valence-electron chi connectivity index (χ2n) is 9.31. The van der Waals surface area contributed by atoms with Crippen molar-refractivity contribution in [3.05, 3.63) is 76.8 Å². The molecule has 2 heterocycles. The Labute approximate surface area is 226 Å². The van der Waals surface area contributed by atoms with Gasteiger partial charge in [0, 0.05) is 11.1 Å². The number of ether oxygens (including phenoxy) is 1. The number of thioether (sulfide) groups is 1. The van der Waals surface area contributed by atoms with Crippen LogP contribution in [-0.2, 0) is 26.8 Å². The molecule has 0 bridgehead atoms. The molecule has 14 heteroatoms. The number of aliphatic imine (C=N–C) groups is 1. The van der Waals surface area contributed by atoms with Crippen molar-refractivity contribution in [2.75, 3.05) is 4.72 Å². The van der Waals surface area contributed by atoms with Crippen LogP contribution in [0.5, 0.6) is 5.75 Å². The largest absolute Gasteiger partial charge is 0.516 e. The summed E-state index contributed by atoms with van der Waals surface area (Å²) < 4.78 is 72.9. The Morgan fingerprint density at radius 3 is 2.36 bits per heavy atom. The highest BCUT2D eigenvalue weighted by molar-refractivity contribution is 8.18. The Hall–Kier alpha value is -3.78. The van der Waals surface area contributed by atoms with Crippen LogP contribution in [0.4, 0.5) is 24.5 Å². The zero-order valence-corrected chi connectivity index (χ0v) is 22.5. The summed E-state index contributed by atoms with van der Waals surface area (Å²) in [4.78, 5) is 21.2. The number of amidine groups is 1. The van der Waals surface area contributed by atoms with Crippen molar-refractivity contribution in [1.82, 2.24) is 10.3 Å². The third-order valence-electron chi connectivity index (χ3n) is 5.14. The van der Waals surface area contributed by atoms with E-state index in [2.05, 4.69) is 15.3 Å². The topological polar surface area (TPSA) is 123 Å². The van der Waals surface area contributed by atoms with E-state index >= 15 is 0 Å². The van der Waals surface area contributed by atoms with Crippen molar-refractivity contribution in [3.8, 4) is 5.75 Å². The first-order valence-electron chi connectivity index (χ1n) is 11.4. The maximum Gasteiger partial charge on any atom is 0.516 e. The fraction of sp³-hybridized carbons (Fsp3) is 0.240. The van der Waals surface area contributed by atoms with Crippen LogP contribution < -0.4 is 14.8 Å². The third kappa shape index (κ3) is 7.20. The first kappa shape index (κ1) is 28.2. The average Bonchev–Trinajstić information content (AvgIpc) is 3.46. The van der Waals surface area contributed by atoms with Gasteiger partial charge in [-0.1, -0.05) is 32.9 Å². The lowest BCUT2D eigenvalue weighted by Gasteiger charge is -2.13. The number of hydrogen-bond donors (Lipinski definition) is 2. The van der Waals surface area contributed by atoms with E-state index < -0.39 is 15.5 Å². The van der Waals surface area contributed by atoms with Crippen LogP contribution in [0.1, 0.15) is 38.0 Å². The molecule has 1 aliphatic rings. The minimum Gasteiger partial charge on any atom is -0.484 e. The Bertz CT molecular complexity index is 1520. The van der Waals surface area contributed by atoms with Gasteiger partial charge >= 0.3 is 15.5 Å². The second kappa shape index (κ2) is 10.8. The molecule has 1 aliphatic heterocycles. The molecule has 2 aromatic carbocycles. The van der Waals surface area contributed by atoms with Gasteiger partial charge in [0.25, 0.3) is 5.91 Å². The molecule has 0 aliphatic carbocycles. The van der Waals surface area contributed by atoms with Crippen LogP contribution in [0.3, 0.4) is 0 Å². The fourth-order valence-corrected chi connectivity index (χ4v) is 4.50. The first-order chi connectivity index (χ1) is 18.2. The molecule has 0 spiro atoms. The number of carbonyl (C=O) groups is 1. The van der Waals surface area contributed by atoms with Crippen LogP contribution in [0.15, 0.2) is 69.0 Å². The summed E-state index contributed by atoms with van der Waals surface area (Å²) in [5.74, 6) is 1.46. The maximum absolute atomic E-state index is 12.5. The van der Waals surface area contributed by atoms with E-state index in [1.54, 1.807) is 36.5 Å². The highest BCUT2D eigenvalue weighted by atomic mass is 32.2. The molecule has 39 heavy (non-hydrogen) atoms. The lowest BCUT2D eigenvalue weighted by molar-refractivity contribution is -0.115. The van der Waals surface area contributed by atoms with Gasteiger partial charge in [0.2, 0.25) is 5.89 Å². The summed E-state index contributed by atoms with van der Waals surface area (Å²) in [5, 5.41) is 2.87. The molecule has 0 saturated carbocycles. The molecule has 3 aromatic rings. The molecule has 2 N–H and O–H groups in total. The number of alkyl halides is 3. The van der Waals surface area contributed by atoms with Gasteiger partial charge in [-0.3, -0.25) is 9.52 Å². The number of benzene rings is 2. The third-order valence-corrected chi connectivity index (χ3v) is 7.16. The smallest absolute Gasteiger partial charge is 0.484 e. The number of aromatic nitrogens is 1. The number of amides is 1. The zero-order chi connectivity index (χ0) is 28.4. The Morgan fingerprint density at radius 2 is 1.77 bits per heavy atom. The van der Waals surface area contributed by atoms with Gasteiger partial charge in [-0.05, 0) is 59.8 Å². The van der Waals surface area contributed by atoms with Gasteiger partial charge in [0.05, 0.1) is 16.8 Å². The average molecular weight is 581 g/mol. The summed E-state index contributed by atoms with van der Waals surface area (Å²) in [6.07, 6.45) is 3.36. The predicted octanol–water partition coefficient (Wildman–Crippen LogP) is 5.70. The van der Waals surface area contributed by atoms with Gasteiger partial charge < -0.3 is 14.5 Å². The standard InChI is InChI=1S/C25H23F3N4O5S2/c1-24(2,3)20-13-29-21(37-20)14-36-18-10-4-15(5-11-18)12-19-22(33)31-23(38-19)30-16-6-8-17(9-7-16)32-39(34,35)25(26,27)28/h4-13,32H,14H2,1-3H3,(H,30,31,33)/b19-12+. The number of carbonyl (C=O) groups excluding carboxylic acids is 1. The summed E-state index contributed by atoms with van der Waals surface area (Å²) in [7, 11) is -5.52. The highest BCUT2D eigenvalue weighted by Gasteiger charge is 2.46. The molecule has 0 atom stereocenters. The van der Waals surface area contributed by atoms with Crippen LogP contribution >= 0.6 is 11.8 Å². The monoisotopic (exact) mass is 580 g/mol. The van der Waals surface area contributed by atoms with E-state index in [0.29, 0.717) is 22.2 Å². The van der Waals surface area contributed by atoms with E-state index in [1.165, 1.54) is 16.9 Å². The number of nitrogens with one attached hydrogen (secondary N) is 2. The van der Waals surface area contributed by atoms with Gasteiger partial charge in [0.1, 0.15) is 11.5 Å². The molecule has 1 aromatic heterocycles. The molecule has 1 saturated heterocycles. The summed E-state index contributed by atoms with van der Waals surface area (Å²) >= 11 is 1.08. The Kier molecular flexibility index (Phi) is 7.80. The van der Waals surface area contributed by atoms with Crippen molar-refractivity contribution in [2.24, 2.45) is 4.99 Å². The van der Waals surface area contributed by atoms with E-state index in [-0.39, 0.29) is 28.8 Å². The molecule has 9 nitrogen and oxygen atoms in total. The molecule has 4 rings (SSSR count). The van der Waals surface area contributed by atoms with Crippen LogP contribution in [0.25, 0.3) is 6.08 Å². The SMILES string of the molecule is CC(C)(C)c1cnc(COc2ccc(/C=C3/SC(=Nc4ccc(NS(=O)(=O)C(F)(F)F)cc4)NC3=O)cc2)o1. The second-order valence-corrected chi connectivity index (χ2v) is 12.0. The molecule has 0 unspecified atom stereocenters. The Balaban J connectivity index is 1.36. The van der Waals surface area contributed by atoms with E-state index in [9.17, 15) is 26.4 Å². The predicted molar refractivity (Wildman–Crippen MR) is 142 cm³/mol. The van der Waals surface area contributed by atoms with Gasteiger partial charge in [-0.2, -0.15) is 21.6 Å². The van der Waals surface area contributed by atoms with E-state index in [1.807, 2.05) is 20.8 Å². The minimum absolute atomic E-state index is 0.150. The van der Waals surface area contributed by atoms with Crippen molar-refractivity contribution >= 4 is 50.3 Å². The van der Waals surface area contributed by atoms with E-state index in [4.69, 9.17) is 9.15 Å². The molecular weight excluding hydrogens is 557 g/mol. The number of hydrogen-bond acceptors (Lipinski definition) is 8. The number of halogens is 3. The normalized spacial score (nSPS) is 16.5. The van der Waals surface area contributed by atoms with Crippen LogP contribution in [0, 0.1) is 0 Å². The number of nitrogens with zero attached hydrogens (tertiary/aromatic N) is 2. The number of sulfonamides is 1. The highest BCUT2D eigenvalue weighted by Crippen LogP contribution is 2.30. The molecule has 1 fully saturated rings. The summed E-state index contributed by atoms with van der Waals surface area (Å²) in [6, 6.07) is 12.0. The van der Waals surface area contributed by atoms with Crippen molar-refractivity contribution in [3.63, 3.8) is 0 Å². The quantitative estimate of drug-likeness (QED) is 0.344. The van der Waals surface area contributed by atoms with Crippen molar-refractivity contribution < 1.29 is 35.5 Å². The number of oxazole rings is 1.